The zero-order chi connectivity index (χ0) is 12.5. The molecule has 0 unspecified atom stereocenters. The van der Waals surface area contributed by atoms with E-state index in [2.05, 4.69) is 15.5 Å². The SMILES string of the molecule is NCc1nnnn1-c1ccc(C(F)(F)F)cc1. The molecule has 0 saturated heterocycles. The maximum Gasteiger partial charge on any atom is 0.416 e. The Labute approximate surface area is 94.0 Å². The molecule has 5 nitrogen and oxygen atoms in total. The first kappa shape index (κ1) is 11.5. The molecule has 2 N–H and O–H groups in total. The molecule has 0 bridgehead atoms. The van der Waals surface area contributed by atoms with E-state index in [9.17, 15) is 13.2 Å². The van der Waals surface area contributed by atoms with E-state index in [1.165, 1.54) is 16.8 Å². The van der Waals surface area contributed by atoms with E-state index in [0.717, 1.165) is 12.1 Å². The normalized spacial score (nSPS) is 11.8. The lowest BCUT2D eigenvalue weighted by atomic mass is 10.2. The molecule has 0 atom stereocenters. The maximum atomic E-state index is 12.3. The van der Waals surface area contributed by atoms with Gasteiger partial charge in [-0.15, -0.1) is 5.10 Å². The Kier molecular flexibility index (Phi) is 2.80. The molecule has 90 valence electrons. The summed E-state index contributed by atoms with van der Waals surface area (Å²) in [7, 11) is 0. The summed E-state index contributed by atoms with van der Waals surface area (Å²) in [5, 5.41) is 10.7. The summed E-state index contributed by atoms with van der Waals surface area (Å²) >= 11 is 0. The third-order valence-corrected chi connectivity index (χ3v) is 2.16. The Bertz CT molecular complexity index is 502. The van der Waals surface area contributed by atoms with Crippen LogP contribution < -0.4 is 5.73 Å². The summed E-state index contributed by atoms with van der Waals surface area (Å²) in [4.78, 5) is 0. The summed E-state index contributed by atoms with van der Waals surface area (Å²) in [5.74, 6) is 0.379. The first-order valence-electron chi connectivity index (χ1n) is 4.67. The van der Waals surface area contributed by atoms with E-state index < -0.39 is 11.7 Å². The monoisotopic (exact) mass is 243 g/mol. The minimum atomic E-state index is -4.35. The average molecular weight is 243 g/mol. The van der Waals surface area contributed by atoms with Crippen molar-refractivity contribution in [1.82, 2.24) is 20.2 Å². The number of nitrogens with two attached hydrogens (primary N) is 1. The Morgan fingerprint density at radius 2 is 1.82 bits per heavy atom. The van der Waals surface area contributed by atoms with Gasteiger partial charge in [0.15, 0.2) is 5.82 Å². The fraction of sp³-hybridized carbons (Fsp3) is 0.222. The number of nitrogens with zero attached hydrogens (tertiary/aromatic N) is 4. The van der Waals surface area contributed by atoms with Gasteiger partial charge in [0.1, 0.15) is 0 Å². The van der Waals surface area contributed by atoms with Crippen LogP contribution in [0.5, 0.6) is 0 Å². The first-order valence-corrected chi connectivity index (χ1v) is 4.67. The highest BCUT2D eigenvalue weighted by molar-refractivity contribution is 5.35. The minimum absolute atomic E-state index is 0.105. The minimum Gasteiger partial charge on any atom is -0.324 e. The molecular weight excluding hydrogens is 235 g/mol. The van der Waals surface area contributed by atoms with E-state index in [0.29, 0.717) is 11.5 Å². The smallest absolute Gasteiger partial charge is 0.324 e. The number of halogens is 3. The van der Waals surface area contributed by atoms with Crippen molar-refractivity contribution in [2.75, 3.05) is 0 Å². The lowest BCUT2D eigenvalue weighted by molar-refractivity contribution is -0.137. The van der Waals surface area contributed by atoms with Crippen molar-refractivity contribution in [2.45, 2.75) is 12.7 Å². The van der Waals surface area contributed by atoms with Crippen molar-refractivity contribution in [3.8, 4) is 5.69 Å². The van der Waals surface area contributed by atoms with Crippen LogP contribution >= 0.6 is 0 Å². The number of tetrazole rings is 1. The van der Waals surface area contributed by atoms with Crippen molar-refractivity contribution in [2.24, 2.45) is 5.73 Å². The van der Waals surface area contributed by atoms with Crippen molar-refractivity contribution < 1.29 is 13.2 Å². The molecule has 0 amide bonds. The molecule has 2 rings (SSSR count). The summed E-state index contributed by atoms with van der Waals surface area (Å²) in [6.07, 6.45) is -4.35. The molecule has 2 aromatic rings. The lowest BCUT2D eigenvalue weighted by Crippen LogP contribution is -2.09. The van der Waals surface area contributed by atoms with Crippen LogP contribution in [0.3, 0.4) is 0 Å². The third kappa shape index (κ3) is 2.26. The Balaban J connectivity index is 2.36. The molecule has 0 aliphatic carbocycles. The quantitative estimate of drug-likeness (QED) is 0.858. The van der Waals surface area contributed by atoms with Crippen LogP contribution in [-0.2, 0) is 12.7 Å². The number of aromatic nitrogens is 4. The summed E-state index contributed by atoms with van der Waals surface area (Å²) in [5.41, 5.74) is 5.10. The van der Waals surface area contributed by atoms with Gasteiger partial charge in [-0.2, -0.15) is 17.9 Å². The van der Waals surface area contributed by atoms with Crippen LogP contribution in [0.4, 0.5) is 13.2 Å². The van der Waals surface area contributed by atoms with Gasteiger partial charge in [-0.25, -0.2) is 0 Å². The van der Waals surface area contributed by atoms with Gasteiger partial charge < -0.3 is 5.73 Å². The van der Waals surface area contributed by atoms with E-state index in [4.69, 9.17) is 5.73 Å². The molecule has 0 spiro atoms. The molecule has 1 aromatic heterocycles. The number of benzene rings is 1. The molecule has 0 aliphatic heterocycles. The van der Waals surface area contributed by atoms with Gasteiger partial charge in [-0.3, -0.25) is 0 Å². The van der Waals surface area contributed by atoms with Gasteiger partial charge in [0, 0.05) is 0 Å². The molecule has 0 saturated carbocycles. The summed E-state index contributed by atoms with van der Waals surface area (Å²) in [6, 6.07) is 4.52. The molecule has 1 aromatic carbocycles. The van der Waals surface area contributed by atoms with Crippen molar-refractivity contribution in [3.05, 3.63) is 35.7 Å². The van der Waals surface area contributed by atoms with Gasteiger partial charge in [-0.1, -0.05) is 0 Å². The molecule has 1 heterocycles. The predicted molar refractivity (Wildman–Crippen MR) is 52.0 cm³/mol. The van der Waals surface area contributed by atoms with Gasteiger partial charge >= 0.3 is 6.18 Å². The molecule has 0 radical (unpaired) electrons. The highest BCUT2D eigenvalue weighted by Crippen LogP contribution is 2.29. The second-order valence-electron chi connectivity index (χ2n) is 3.26. The van der Waals surface area contributed by atoms with Crippen LogP contribution in [-0.4, -0.2) is 20.2 Å². The van der Waals surface area contributed by atoms with E-state index in [1.807, 2.05) is 0 Å². The van der Waals surface area contributed by atoms with Crippen LogP contribution in [0.25, 0.3) is 5.69 Å². The van der Waals surface area contributed by atoms with E-state index in [1.54, 1.807) is 0 Å². The average Bonchev–Trinajstić information content (AvgIpc) is 2.76. The van der Waals surface area contributed by atoms with Crippen LogP contribution in [0.2, 0.25) is 0 Å². The zero-order valence-corrected chi connectivity index (χ0v) is 8.52. The van der Waals surface area contributed by atoms with Crippen LogP contribution in [0.1, 0.15) is 11.4 Å². The van der Waals surface area contributed by atoms with Crippen LogP contribution in [0.15, 0.2) is 24.3 Å². The van der Waals surface area contributed by atoms with Gasteiger partial charge in [-0.05, 0) is 34.7 Å². The molecule has 17 heavy (non-hydrogen) atoms. The highest BCUT2D eigenvalue weighted by atomic mass is 19.4. The molecule has 8 heteroatoms. The van der Waals surface area contributed by atoms with E-state index >= 15 is 0 Å². The third-order valence-electron chi connectivity index (χ3n) is 2.16. The fourth-order valence-electron chi connectivity index (χ4n) is 1.33. The Hall–Kier alpha value is -1.96. The lowest BCUT2D eigenvalue weighted by Gasteiger charge is -2.07. The number of rotatable bonds is 2. The first-order chi connectivity index (χ1) is 8.02. The Morgan fingerprint density at radius 1 is 1.18 bits per heavy atom. The molecule has 0 fully saturated rings. The standard InChI is InChI=1S/C9H8F3N5/c10-9(11,12)6-1-3-7(4-2-6)17-8(5-13)14-15-16-17/h1-4H,5,13H2. The second-order valence-corrected chi connectivity index (χ2v) is 3.26. The largest absolute Gasteiger partial charge is 0.416 e. The summed E-state index contributed by atoms with van der Waals surface area (Å²) < 4.78 is 38.3. The van der Waals surface area contributed by atoms with Crippen molar-refractivity contribution >= 4 is 0 Å². The highest BCUT2D eigenvalue weighted by Gasteiger charge is 2.30. The van der Waals surface area contributed by atoms with Crippen molar-refractivity contribution in [1.29, 1.82) is 0 Å². The predicted octanol–water partition coefficient (Wildman–Crippen LogP) is 1.14. The number of alkyl halides is 3. The topological polar surface area (TPSA) is 69.6 Å². The molecule has 0 aliphatic rings. The number of hydrogen-bond donors (Lipinski definition) is 1. The molecular formula is C9H8F3N5. The second kappa shape index (κ2) is 4.13. The van der Waals surface area contributed by atoms with Gasteiger partial charge in [0.25, 0.3) is 0 Å². The van der Waals surface area contributed by atoms with Gasteiger partial charge in [0.2, 0.25) is 0 Å². The van der Waals surface area contributed by atoms with Crippen molar-refractivity contribution in [3.63, 3.8) is 0 Å². The summed E-state index contributed by atoms with van der Waals surface area (Å²) in [6.45, 7) is 0.105. The number of hydrogen-bond acceptors (Lipinski definition) is 4. The Morgan fingerprint density at radius 3 is 2.35 bits per heavy atom. The fourth-order valence-corrected chi connectivity index (χ4v) is 1.33. The van der Waals surface area contributed by atoms with E-state index in [-0.39, 0.29) is 6.54 Å². The van der Waals surface area contributed by atoms with Gasteiger partial charge in [0.05, 0.1) is 17.8 Å². The maximum absolute atomic E-state index is 12.3. The zero-order valence-electron chi connectivity index (χ0n) is 8.52. The van der Waals surface area contributed by atoms with Crippen LogP contribution in [0, 0.1) is 0 Å².